The van der Waals surface area contributed by atoms with Gasteiger partial charge in [-0.2, -0.15) is 4.72 Å². The van der Waals surface area contributed by atoms with Gasteiger partial charge in [0.2, 0.25) is 10.0 Å². The maximum atomic E-state index is 12.2. The van der Waals surface area contributed by atoms with Gasteiger partial charge in [-0.1, -0.05) is 35.6 Å². The molecule has 0 fully saturated rings. The molecule has 5 nitrogen and oxygen atoms in total. The van der Waals surface area contributed by atoms with Gasteiger partial charge in [-0.15, -0.1) is 0 Å². The average molecular weight is 380 g/mol. The highest BCUT2D eigenvalue weighted by atomic mass is 35.5. The highest BCUT2D eigenvalue weighted by Gasteiger charge is 2.14. The lowest BCUT2D eigenvalue weighted by atomic mass is 10.2. The quantitative estimate of drug-likeness (QED) is 0.783. The van der Waals surface area contributed by atoms with Gasteiger partial charge in [0.15, 0.2) is 0 Å². The smallest absolute Gasteiger partial charge is 0.241 e. The number of halogens is 1. The third kappa shape index (κ3) is 5.40. The van der Waals surface area contributed by atoms with E-state index < -0.39 is 10.0 Å². The largest absolute Gasteiger partial charge is 0.496 e. The highest BCUT2D eigenvalue weighted by molar-refractivity contribution is 7.89. The summed E-state index contributed by atoms with van der Waals surface area (Å²) in [4.78, 5) is 0.167. The molecule has 7 heteroatoms. The van der Waals surface area contributed by atoms with E-state index in [4.69, 9.17) is 21.1 Å². The van der Waals surface area contributed by atoms with Crippen LogP contribution in [0.2, 0.25) is 5.02 Å². The Morgan fingerprint density at radius 1 is 1.12 bits per heavy atom. The molecule has 0 amide bonds. The summed E-state index contributed by atoms with van der Waals surface area (Å²) in [5, 5.41) is 0.500. The zero-order chi connectivity index (χ0) is 18.3. The van der Waals surface area contributed by atoms with Crippen LogP contribution in [0.4, 0.5) is 0 Å². The molecule has 0 aliphatic carbocycles. The van der Waals surface area contributed by atoms with Gasteiger partial charge in [0, 0.05) is 0 Å². The van der Waals surface area contributed by atoms with Crippen LogP contribution in [-0.4, -0.2) is 28.7 Å². The van der Waals surface area contributed by atoms with E-state index in [9.17, 15) is 8.42 Å². The van der Waals surface area contributed by atoms with Crippen molar-refractivity contribution in [2.45, 2.75) is 11.8 Å². The Balaban J connectivity index is 1.89. The van der Waals surface area contributed by atoms with Crippen molar-refractivity contribution >= 4 is 21.6 Å². The molecule has 2 rings (SSSR count). The van der Waals surface area contributed by atoms with Crippen molar-refractivity contribution in [1.29, 1.82) is 0 Å². The monoisotopic (exact) mass is 379 g/mol. The molecular formula is C18H18ClNO4S. The maximum Gasteiger partial charge on any atom is 0.241 e. The van der Waals surface area contributed by atoms with Crippen molar-refractivity contribution in [2.75, 3.05) is 20.3 Å². The van der Waals surface area contributed by atoms with Crippen LogP contribution in [0.1, 0.15) is 5.56 Å². The number of para-hydroxylation sites is 1. The van der Waals surface area contributed by atoms with Crippen LogP contribution in [0.15, 0.2) is 47.4 Å². The van der Waals surface area contributed by atoms with Crippen LogP contribution < -0.4 is 14.2 Å². The van der Waals surface area contributed by atoms with Gasteiger partial charge in [0.1, 0.15) is 18.1 Å². The van der Waals surface area contributed by atoms with E-state index in [0.29, 0.717) is 16.5 Å². The van der Waals surface area contributed by atoms with Gasteiger partial charge in [0.05, 0.1) is 23.6 Å². The van der Waals surface area contributed by atoms with Crippen LogP contribution in [0, 0.1) is 18.8 Å². The Hall–Kier alpha value is -2.20. The fourth-order valence-electron chi connectivity index (χ4n) is 2.02. The molecule has 0 spiro atoms. The van der Waals surface area contributed by atoms with E-state index in [0.717, 1.165) is 5.56 Å². The lowest BCUT2D eigenvalue weighted by Gasteiger charge is -2.08. The summed E-state index contributed by atoms with van der Waals surface area (Å²) in [6, 6.07) is 11.7. The molecule has 2 aromatic rings. The molecule has 0 saturated carbocycles. The number of methoxy groups -OCH3 is 1. The van der Waals surface area contributed by atoms with E-state index >= 15 is 0 Å². The standard InChI is InChI=1S/C18H18ClNO4S/c1-14-13-15(9-10-17(14)23-2)25(21,22)20-11-5-6-12-24-18-8-4-3-7-16(18)19/h3-4,7-10,13,20H,11-12H2,1-2H3. The van der Waals surface area contributed by atoms with E-state index in [-0.39, 0.29) is 18.0 Å². The summed E-state index contributed by atoms with van der Waals surface area (Å²) in [5.41, 5.74) is 0.740. The van der Waals surface area contributed by atoms with E-state index in [1.807, 2.05) is 0 Å². The van der Waals surface area contributed by atoms with Gasteiger partial charge < -0.3 is 9.47 Å². The van der Waals surface area contributed by atoms with Gasteiger partial charge in [-0.25, -0.2) is 8.42 Å². The summed E-state index contributed by atoms with van der Waals surface area (Å²) in [6.45, 7) is 1.89. The number of aryl methyl sites for hydroxylation is 1. The van der Waals surface area contributed by atoms with Gasteiger partial charge >= 0.3 is 0 Å². The summed E-state index contributed by atoms with van der Waals surface area (Å²) in [7, 11) is -2.09. The van der Waals surface area contributed by atoms with Crippen LogP contribution in [0.3, 0.4) is 0 Å². The van der Waals surface area contributed by atoms with Crippen molar-refractivity contribution in [1.82, 2.24) is 4.72 Å². The average Bonchev–Trinajstić information content (AvgIpc) is 2.59. The molecule has 0 unspecified atom stereocenters. The summed E-state index contributed by atoms with van der Waals surface area (Å²) in [5.74, 6) is 6.61. The van der Waals surface area contributed by atoms with E-state index in [2.05, 4.69) is 16.6 Å². The summed E-state index contributed by atoms with van der Waals surface area (Å²) in [6.07, 6.45) is 0. The number of hydrogen-bond acceptors (Lipinski definition) is 4. The molecular weight excluding hydrogens is 362 g/mol. The molecule has 0 bridgehead atoms. The molecule has 0 saturated heterocycles. The molecule has 0 atom stereocenters. The van der Waals surface area contributed by atoms with Gasteiger partial charge in [-0.3, -0.25) is 0 Å². The minimum absolute atomic E-state index is 0.0146. The number of nitrogens with one attached hydrogen (secondary N) is 1. The molecule has 0 aliphatic rings. The lowest BCUT2D eigenvalue weighted by molar-refractivity contribution is 0.370. The van der Waals surface area contributed by atoms with Crippen LogP contribution in [-0.2, 0) is 10.0 Å². The molecule has 25 heavy (non-hydrogen) atoms. The zero-order valence-corrected chi connectivity index (χ0v) is 15.4. The molecule has 1 N–H and O–H groups in total. The minimum Gasteiger partial charge on any atom is -0.496 e. The third-order valence-electron chi connectivity index (χ3n) is 3.29. The van der Waals surface area contributed by atoms with Gasteiger partial charge in [-0.05, 0) is 42.8 Å². The number of rotatable bonds is 6. The second-order valence-corrected chi connectivity index (χ2v) is 7.20. The SMILES string of the molecule is COc1ccc(S(=O)(=O)NCC#CCOc2ccccc2Cl)cc1C. The summed E-state index contributed by atoms with van der Waals surface area (Å²) >= 11 is 5.95. The lowest BCUT2D eigenvalue weighted by Crippen LogP contribution is -2.24. The van der Waals surface area contributed by atoms with Crippen molar-refractivity contribution in [2.24, 2.45) is 0 Å². The van der Waals surface area contributed by atoms with Crippen LogP contribution >= 0.6 is 11.6 Å². The molecule has 0 aliphatic heterocycles. The predicted molar refractivity (Wildman–Crippen MR) is 97.6 cm³/mol. The van der Waals surface area contributed by atoms with Crippen LogP contribution in [0.25, 0.3) is 0 Å². The molecule has 0 heterocycles. The van der Waals surface area contributed by atoms with Crippen molar-refractivity contribution in [3.63, 3.8) is 0 Å². The third-order valence-corrected chi connectivity index (χ3v) is 5.00. The predicted octanol–water partition coefficient (Wildman–Crippen LogP) is 3.02. The Bertz CT molecular complexity index is 901. The maximum absolute atomic E-state index is 12.2. The number of benzene rings is 2. The Morgan fingerprint density at radius 3 is 2.56 bits per heavy atom. The summed E-state index contributed by atoms with van der Waals surface area (Å²) < 4.78 is 37.4. The first-order chi connectivity index (χ1) is 11.9. The van der Waals surface area contributed by atoms with Crippen LogP contribution in [0.5, 0.6) is 11.5 Å². The van der Waals surface area contributed by atoms with Gasteiger partial charge in [0.25, 0.3) is 0 Å². The normalized spacial score (nSPS) is 10.7. The highest BCUT2D eigenvalue weighted by Crippen LogP contribution is 2.23. The second kappa shape index (κ2) is 8.77. The zero-order valence-electron chi connectivity index (χ0n) is 13.9. The number of ether oxygens (including phenoxy) is 2. The Morgan fingerprint density at radius 2 is 1.88 bits per heavy atom. The molecule has 0 aromatic heterocycles. The number of hydrogen-bond donors (Lipinski definition) is 1. The fourth-order valence-corrected chi connectivity index (χ4v) is 3.22. The van der Waals surface area contributed by atoms with E-state index in [1.54, 1.807) is 43.3 Å². The molecule has 0 radical (unpaired) electrons. The minimum atomic E-state index is -3.62. The van der Waals surface area contributed by atoms with Crippen molar-refractivity contribution < 1.29 is 17.9 Å². The first-order valence-corrected chi connectivity index (χ1v) is 9.27. The fraction of sp³-hybridized carbons (Fsp3) is 0.222. The molecule has 132 valence electrons. The number of sulfonamides is 1. The first kappa shape index (κ1) is 19.1. The molecule has 2 aromatic carbocycles. The van der Waals surface area contributed by atoms with E-state index in [1.165, 1.54) is 13.2 Å². The second-order valence-electron chi connectivity index (χ2n) is 5.03. The Kier molecular flexibility index (Phi) is 6.71. The first-order valence-electron chi connectivity index (χ1n) is 7.41. The topological polar surface area (TPSA) is 64.6 Å². The van der Waals surface area contributed by atoms with Crippen molar-refractivity contribution in [3.8, 4) is 23.3 Å². The Labute approximate surface area is 153 Å². The van der Waals surface area contributed by atoms with Crippen molar-refractivity contribution in [3.05, 3.63) is 53.1 Å².